The van der Waals surface area contributed by atoms with Gasteiger partial charge in [0, 0.05) is 23.1 Å². The number of hydrogen-bond donors (Lipinski definition) is 1. The van der Waals surface area contributed by atoms with Crippen LogP contribution < -0.4 is 5.73 Å². The molecule has 0 bridgehead atoms. The zero-order valence-electron chi connectivity index (χ0n) is 17.2. The number of nitrogen functional groups attached to an aromatic ring is 1. The van der Waals surface area contributed by atoms with E-state index in [1.165, 1.54) is 11.0 Å². The van der Waals surface area contributed by atoms with Crippen molar-refractivity contribution in [1.29, 1.82) is 0 Å². The Hall–Kier alpha value is -3.34. The minimum absolute atomic E-state index is 0.139. The van der Waals surface area contributed by atoms with Crippen molar-refractivity contribution < 1.29 is 27.1 Å². The van der Waals surface area contributed by atoms with Gasteiger partial charge in [-0.3, -0.25) is 9.78 Å². The number of amides is 1. The molecule has 0 fully saturated rings. The summed E-state index contributed by atoms with van der Waals surface area (Å²) in [4.78, 5) is 25.9. The minimum Gasteiger partial charge on any atom is -0.383 e. The van der Waals surface area contributed by atoms with Gasteiger partial charge in [0.2, 0.25) is 0 Å². The second-order valence-corrected chi connectivity index (χ2v) is 7.71. The molecule has 7 nitrogen and oxygen atoms in total. The number of nitrogens with two attached hydrogens (primary N) is 1. The highest BCUT2D eigenvalue weighted by Crippen LogP contribution is 2.33. The van der Waals surface area contributed by atoms with Gasteiger partial charge in [-0.25, -0.2) is 14.4 Å². The fourth-order valence-electron chi connectivity index (χ4n) is 3.56. The number of carbonyl (C=O) groups is 1. The first-order valence-electron chi connectivity index (χ1n) is 9.73. The standard InChI is InChI=1S/C21H19F4N5O2/c1-10(2)30(7-11-5-28-18(6-27-11)21(23,24)25)20(31)13-3-12-14-8-32-9-15(14)19(26)29-17(12)4-16(13)22/h3-6,10H,7-9H2,1-2H3,(H2,26,29). The highest BCUT2D eigenvalue weighted by molar-refractivity contribution is 5.99. The lowest BCUT2D eigenvalue weighted by atomic mass is 10.0. The van der Waals surface area contributed by atoms with Gasteiger partial charge in [0.1, 0.15) is 11.6 Å². The van der Waals surface area contributed by atoms with E-state index in [1.807, 2.05) is 0 Å². The molecule has 3 heterocycles. The van der Waals surface area contributed by atoms with Gasteiger partial charge in [0.05, 0.1) is 48.9 Å². The first kappa shape index (κ1) is 21.9. The van der Waals surface area contributed by atoms with Gasteiger partial charge in [0.15, 0.2) is 5.69 Å². The van der Waals surface area contributed by atoms with Gasteiger partial charge in [-0.15, -0.1) is 0 Å². The van der Waals surface area contributed by atoms with Gasteiger partial charge in [-0.2, -0.15) is 13.2 Å². The van der Waals surface area contributed by atoms with E-state index in [-0.39, 0.29) is 42.9 Å². The van der Waals surface area contributed by atoms with Crippen LogP contribution in [0.2, 0.25) is 0 Å². The Kier molecular flexibility index (Phi) is 5.45. The molecule has 1 aliphatic heterocycles. The van der Waals surface area contributed by atoms with E-state index in [9.17, 15) is 22.4 Å². The van der Waals surface area contributed by atoms with Crippen LogP contribution in [-0.4, -0.2) is 31.8 Å². The number of nitrogens with zero attached hydrogens (tertiary/aromatic N) is 4. The third-order valence-electron chi connectivity index (χ3n) is 5.26. The average Bonchev–Trinajstić information content (AvgIpc) is 3.21. The minimum atomic E-state index is -4.62. The second-order valence-electron chi connectivity index (χ2n) is 7.71. The number of hydrogen-bond acceptors (Lipinski definition) is 6. The molecule has 1 aromatic carbocycles. The van der Waals surface area contributed by atoms with Crippen molar-refractivity contribution in [1.82, 2.24) is 19.9 Å². The van der Waals surface area contributed by atoms with Crippen molar-refractivity contribution in [3.8, 4) is 0 Å². The maximum absolute atomic E-state index is 14.9. The Morgan fingerprint density at radius 1 is 1.19 bits per heavy atom. The summed E-state index contributed by atoms with van der Waals surface area (Å²) in [6.45, 7) is 3.84. The second kappa shape index (κ2) is 7.97. The van der Waals surface area contributed by atoms with E-state index in [0.717, 1.165) is 17.8 Å². The molecule has 0 saturated carbocycles. The number of alkyl halides is 3. The molecule has 2 aromatic heterocycles. The van der Waals surface area contributed by atoms with E-state index in [4.69, 9.17) is 10.5 Å². The number of pyridine rings is 1. The average molecular weight is 449 g/mol. The number of rotatable bonds is 4. The monoisotopic (exact) mass is 449 g/mol. The molecule has 2 N–H and O–H groups in total. The van der Waals surface area contributed by atoms with Crippen molar-refractivity contribution in [2.45, 2.75) is 45.8 Å². The van der Waals surface area contributed by atoms with Gasteiger partial charge < -0.3 is 15.4 Å². The number of benzene rings is 1. The molecule has 0 aliphatic carbocycles. The molecule has 1 amide bonds. The fourth-order valence-corrected chi connectivity index (χ4v) is 3.56. The highest BCUT2D eigenvalue weighted by atomic mass is 19.4. The molecule has 4 rings (SSSR count). The zero-order valence-corrected chi connectivity index (χ0v) is 17.2. The predicted molar refractivity (Wildman–Crippen MR) is 107 cm³/mol. The maximum atomic E-state index is 14.9. The lowest BCUT2D eigenvalue weighted by Crippen LogP contribution is -2.37. The van der Waals surface area contributed by atoms with Crippen LogP contribution in [0.1, 0.15) is 46.7 Å². The van der Waals surface area contributed by atoms with Crippen molar-refractivity contribution in [2.24, 2.45) is 0 Å². The Labute approximate surface area is 180 Å². The third-order valence-corrected chi connectivity index (χ3v) is 5.26. The Morgan fingerprint density at radius 2 is 1.91 bits per heavy atom. The van der Waals surface area contributed by atoms with Crippen molar-refractivity contribution in [3.05, 3.63) is 58.4 Å². The Balaban J connectivity index is 1.69. The molecule has 3 aromatic rings. The summed E-state index contributed by atoms with van der Waals surface area (Å²) in [5.74, 6) is -1.16. The van der Waals surface area contributed by atoms with Crippen LogP contribution in [0.3, 0.4) is 0 Å². The molecular weight excluding hydrogens is 430 g/mol. The summed E-state index contributed by atoms with van der Waals surface area (Å²) in [6, 6.07) is 2.18. The number of fused-ring (bicyclic) bond motifs is 3. The van der Waals surface area contributed by atoms with E-state index in [2.05, 4.69) is 15.0 Å². The molecule has 11 heteroatoms. The van der Waals surface area contributed by atoms with Crippen LogP contribution >= 0.6 is 0 Å². The normalized spacial score (nSPS) is 13.6. The van der Waals surface area contributed by atoms with E-state index >= 15 is 0 Å². The van der Waals surface area contributed by atoms with Crippen LogP contribution in [0.15, 0.2) is 24.5 Å². The molecule has 0 radical (unpaired) electrons. The fraction of sp³-hybridized carbons (Fsp3) is 0.333. The Bertz CT molecular complexity index is 1200. The first-order chi connectivity index (χ1) is 15.1. The van der Waals surface area contributed by atoms with Crippen LogP contribution in [0.4, 0.5) is 23.4 Å². The van der Waals surface area contributed by atoms with Crippen LogP contribution in [0, 0.1) is 5.82 Å². The smallest absolute Gasteiger partial charge is 0.383 e. The van der Waals surface area contributed by atoms with Gasteiger partial charge >= 0.3 is 6.18 Å². The molecule has 0 unspecified atom stereocenters. The zero-order chi connectivity index (χ0) is 23.2. The molecule has 0 atom stereocenters. The van der Waals surface area contributed by atoms with Crippen molar-refractivity contribution >= 4 is 22.6 Å². The molecular formula is C21H19F4N5O2. The number of anilines is 1. The largest absolute Gasteiger partial charge is 0.434 e. The topological polar surface area (TPSA) is 94.2 Å². The number of carbonyl (C=O) groups excluding carboxylic acids is 1. The maximum Gasteiger partial charge on any atom is 0.434 e. The van der Waals surface area contributed by atoms with Crippen molar-refractivity contribution in [2.75, 3.05) is 5.73 Å². The first-order valence-corrected chi connectivity index (χ1v) is 9.73. The van der Waals surface area contributed by atoms with Crippen LogP contribution in [-0.2, 0) is 30.7 Å². The summed E-state index contributed by atoms with van der Waals surface area (Å²) >= 11 is 0. The molecule has 1 aliphatic rings. The van der Waals surface area contributed by atoms with Gasteiger partial charge in [-0.1, -0.05) is 0 Å². The summed E-state index contributed by atoms with van der Waals surface area (Å²) < 4.78 is 58.5. The summed E-state index contributed by atoms with van der Waals surface area (Å²) in [5.41, 5.74) is 6.53. The lowest BCUT2D eigenvalue weighted by Gasteiger charge is -2.27. The van der Waals surface area contributed by atoms with Crippen molar-refractivity contribution in [3.63, 3.8) is 0 Å². The molecule has 0 saturated heterocycles. The van der Waals surface area contributed by atoms with E-state index in [0.29, 0.717) is 22.7 Å². The predicted octanol–water partition coefficient (Wildman–Crippen LogP) is 3.85. The molecule has 32 heavy (non-hydrogen) atoms. The number of halogens is 4. The van der Waals surface area contributed by atoms with E-state index < -0.39 is 23.6 Å². The molecule has 168 valence electrons. The quantitative estimate of drug-likeness (QED) is 0.609. The Morgan fingerprint density at radius 3 is 2.53 bits per heavy atom. The highest BCUT2D eigenvalue weighted by Gasteiger charge is 2.33. The SMILES string of the molecule is CC(C)N(Cc1cnc(C(F)(F)F)cn1)C(=O)c1cc2c3c(c(N)nc2cc1F)COC3. The number of aromatic nitrogens is 3. The summed E-state index contributed by atoms with van der Waals surface area (Å²) in [6.07, 6.45) is -3.05. The van der Waals surface area contributed by atoms with Crippen LogP contribution in [0.25, 0.3) is 10.9 Å². The number of ether oxygens (including phenoxy) is 1. The summed E-state index contributed by atoms with van der Waals surface area (Å²) in [5, 5.41) is 0.564. The van der Waals surface area contributed by atoms with Crippen LogP contribution in [0.5, 0.6) is 0 Å². The summed E-state index contributed by atoms with van der Waals surface area (Å²) in [7, 11) is 0. The lowest BCUT2D eigenvalue weighted by molar-refractivity contribution is -0.141. The van der Waals surface area contributed by atoms with Gasteiger partial charge in [-0.05, 0) is 25.5 Å². The van der Waals surface area contributed by atoms with Gasteiger partial charge in [0.25, 0.3) is 5.91 Å². The molecule has 0 spiro atoms. The van der Waals surface area contributed by atoms with E-state index in [1.54, 1.807) is 13.8 Å². The third kappa shape index (κ3) is 3.95.